The first kappa shape index (κ1) is 20.8. The van der Waals surface area contributed by atoms with Crippen LogP contribution in [0.3, 0.4) is 0 Å². The van der Waals surface area contributed by atoms with Crippen molar-refractivity contribution >= 4 is 21.8 Å². The maximum absolute atomic E-state index is 13.4. The average molecular weight is 430 g/mol. The van der Waals surface area contributed by atoms with Crippen molar-refractivity contribution in [2.24, 2.45) is 0 Å². The van der Waals surface area contributed by atoms with E-state index in [4.69, 9.17) is 0 Å². The van der Waals surface area contributed by atoms with Gasteiger partial charge in [0.2, 0.25) is 10.0 Å². The number of hydrogen-bond acceptors (Lipinski definition) is 5. The van der Waals surface area contributed by atoms with Crippen molar-refractivity contribution in [2.75, 3.05) is 18.0 Å². The van der Waals surface area contributed by atoms with Crippen LogP contribution < -0.4 is 4.90 Å². The van der Waals surface area contributed by atoms with Gasteiger partial charge >= 0.3 is 5.97 Å². The predicted molar refractivity (Wildman–Crippen MR) is 114 cm³/mol. The minimum atomic E-state index is -3.72. The van der Waals surface area contributed by atoms with Crippen LogP contribution in [0.4, 0.5) is 5.82 Å². The Morgan fingerprint density at radius 1 is 1.13 bits per heavy atom. The molecule has 1 unspecified atom stereocenters. The van der Waals surface area contributed by atoms with Gasteiger partial charge in [-0.05, 0) is 68.5 Å². The Balaban J connectivity index is 1.60. The summed E-state index contributed by atoms with van der Waals surface area (Å²) in [6.07, 6.45) is 3.01. The third kappa shape index (κ3) is 3.58. The molecule has 0 saturated carbocycles. The van der Waals surface area contributed by atoms with Gasteiger partial charge in [-0.1, -0.05) is 12.1 Å². The van der Waals surface area contributed by atoms with Gasteiger partial charge in [-0.3, -0.25) is 4.79 Å². The molecule has 1 aromatic heterocycles. The summed E-state index contributed by atoms with van der Waals surface area (Å²) in [7, 11) is -3.72. The number of carbonyl (C=O) groups is 1. The van der Waals surface area contributed by atoms with E-state index in [1.54, 1.807) is 18.2 Å². The summed E-state index contributed by atoms with van der Waals surface area (Å²) in [6, 6.07) is 8.85. The number of hydrogen-bond donors (Lipinski definition) is 1. The van der Waals surface area contributed by atoms with Crippen LogP contribution in [0.25, 0.3) is 0 Å². The van der Waals surface area contributed by atoms with Crippen molar-refractivity contribution in [2.45, 2.75) is 56.5 Å². The number of fused-ring (bicyclic) bond motifs is 1. The molecule has 160 valence electrons. The van der Waals surface area contributed by atoms with Gasteiger partial charge in [-0.25, -0.2) is 13.4 Å². The molecule has 1 saturated heterocycles. The molecule has 0 amide bonds. The number of nitrogens with zero attached hydrogens (tertiary/aromatic N) is 3. The number of pyridine rings is 1. The van der Waals surface area contributed by atoms with E-state index in [0.29, 0.717) is 31.5 Å². The highest BCUT2D eigenvalue weighted by Gasteiger charge is 2.38. The first-order valence-electron chi connectivity index (χ1n) is 10.2. The van der Waals surface area contributed by atoms with E-state index in [2.05, 4.69) is 9.88 Å². The third-order valence-corrected chi connectivity index (χ3v) is 8.00. The highest BCUT2D eigenvalue weighted by atomic mass is 32.2. The Bertz CT molecular complexity index is 1060. The van der Waals surface area contributed by atoms with Gasteiger partial charge in [0.15, 0.2) is 0 Å². The molecule has 2 aliphatic rings. The fraction of sp³-hybridized carbons (Fsp3) is 0.455. The molecule has 8 heteroatoms. The van der Waals surface area contributed by atoms with Gasteiger partial charge < -0.3 is 10.0 Å². The first-order valence-corrected chi connectivity index (χ1v) is 11.7. The van der Waals surface area contributed by atoms with Crippen LogP contribution in [-0.2, 0) is 21.2 Å². The zero-order chi connectivity index (χ0) is 21.6. The van der Waals surface area contributed by atoms with Crippen LogP contribution in [-0.4, -0.2) is 54.0 Å². The number of piperazine rings is 1. The lowest BCUT2D eigenvalue weighted by atomic mass is 10.0. The molecular formula is C22H27N3O4S. The average Bonchev–Trinajstić information content (AvgIpc) is 3.12. The number of carboxylic acids is 1. The lowest BCUT2D eigenvalue weighted by Crippen LogP contribution is -2.58. The molecular weight excluding hydrogens is 402 g/mol. The molecule has 1 aliphatic carbocycles. The second-order valence-corrected chi connectivity index (χ2v) is 10.3. The Kier molecular flexibility index (Phi) is 5.32. The molecule has 2 aromatic rings. The zero-order valence-electron chi connectivity index (χ0n) is 17.4. The van der Waals surface area contributed by atoms with Crippen molar-refractivity contribution in [3.05, 3.63) is 53.2 Å². The summed E-state index contributed by atoms with van der Waals surface area (Å²) in [5.41, 5.74) is 2.64. The third-order valence-electron chi connectivity index (χ3n) is 6.18. The number of aliphatic carboxylic acids is 1. The number of aromatic nitrogens is 1. The normalized spacial score (nSPS) is 24.6. The number of aryl methyl sites for hydroxylation is 2. The molecule has 0 spiro atoms. The maximum atomic E-state index is 13.4. The number of carboxylic acid groups (broad SMARTS) is 1. The Labute approximate surface area is 177 Å². The zero-order valence-corrected chi connectivity index (χ0v) is 18.3. The van der Waals surface area contributed by atoms with Gasteiger partial charge in [0, 0.05) is 31.4 Å². The van der Waals surface area contributed by atoms with Crippen LogP contribution >= 0.6 is 0 Å². The van der Waals surface area contributed by atoms with Gasteiger partial charge in [0.1, 0.15) is 5.82 Å². The van der Waals surface area contributed by atoms with Crippen LogP contribution in [0.2, 0.25) is 0 Å². The highest BCUT2D eigenvalue weighted by Crippen LogP contribution is 2.36. The maximum Gasteiger partial charge on any atom is 0.310 e. The lowest BCUT2D eigenvalue weighted by Gasteiger charge is -2.44. The van der Waals surface area contributed by atoms with E-state index in [1.165, 1.54) is 4.31 Å². The molecule has 30 heavy (non-hydrogen) atoms. The van der Waals surface area contributed by atoms with Crippen molar-refractivity contribution < 1.29 is 18.3 Å². The molecule has 0 bridgehead atoms. The van der Waals surface area contributed by atoms with E-state index >= 15 is 0 Å². The number of rotatable bonds is 4. The summed E-state index contributed by atoms with van der Waals surface area (Å²) in [5, 5.41) is 9.46. The molecule has 1 fully saturated rings. The quantitative estimate of drug-likeness (QED) is 0.804. The molecule has 4 rings (SSSR count). The van der Waals surface area contributed by atoms with Gasteiger partial charge in [0.05, 0.1) is 10.8 Å². The van der Waals surface area contributed by atoms with E-state index in [1.807, 2.05) is 39.1 Å². The Morgan fingerprint density at radius 3 is 2.43 bits per heavy atom. The minimum Gasteiger partial charge on any atom is -0.481 e. The van der Waals surface area contributed by atoms with Crippen LogP contribution in [0.15, 0.2) is 41.4 Å². The van der Waals surface area contributed by atoms with E-state index in [-0.39, 0.29) is 17.0 Å². The fourth-order valence-corrected chi connectivity index (χ4v) is 6.32. The molecule has 7 nitrogen and oxygen atoms in total. The van der Waals surface area contributed by atoms with E-state index in [9.17, 15) is 18.3 Å². The highest BCUT2D eigenvalue weighted by molar-refractivity contribution is 7.89. The predicted octanol–water partition coefficient (Wildman–Crippen LogP) is 2.79. The number of benzene rings is 1. The summed E-state index contributed by atoms with van der Waals surface area (Å²) in [6.45, 7) is 6.69. The smallest absolute Gasteiger partial charge is 0.310 e. The first-order chi connectivity index (χ1) is 14.2. The monoisotopic (exact) mass is 429 g/mol. The Hall–Kier alpha value is -2.45. The molecule has 0 radical (unpaired) electrons. The molecule has 2 heterocycles. The van der Waals surface area contributed by atoms with Crippen molar-refractivity contribution in [3.8, 4) is 0 Å². The molecule has 1 aromatic carbocycles. The SMILES string of the molecule is Cc1ccc(N2[C@@H](C)CN(S(=O)(=O)c3ccc4c(c3)C(C(=O)O)CC4)C[C@@H]2C)nc1. The standard InChI is InChI=1S/C22H27N3O4S/c1-14-4-9-21(23-11-14)25-15(2)12-24(13-16(25)3)30(28,29)18-7-5-17-6-8-19(22(26)27)20(17)10-18/h4-5,7,9-11,15-16,19H,6,8,12-13H2,1-3H3,(H,26,27)/t15-,16-,19?/m0/s1. The summed E-state index contributed by atoms with van der Waals surface area (Å²) < 4.78 is 28.3. The summed E-state index contributed by atoms with van der Waals surface area (Å²) in [5.74, 6) is -0.679. The van der Waals surface area contributed by atoms with E-state index < -0.39 is 21.9 Å². The van der Waals surface area contributed by atoms with Gasteiger partial charge in [0.25, 0.3) is 0 Å². The summed E-state index contributed by atoms with van der Waals surface area (Å²) >= 11 is 0. The molecule has 1 N–H and O–H groups in total. The van der Waals surface area contributed by atoms with Crippen molar-refractivity contribution in [1.29, 1.82) is 0 Å². The van der Waals surface area contributed by atoms with Gasteiger partial charge in [-0.15, -0.1) is 0 Å². The summed E-state index contributed by atoms with van der Waals surface area (Å²) in [4.78, 5) is 18.4. The van der Waals surface area contributed by atoms with E-state index in [0.717, 1.165) is 16.9 Å². The van der Waals surface area contributed by atoms with Crippen LogP contribution in [0, 0.1) is 6.92 Å². The minimum absolute atomic E-state index is 0.0417. The van der Waals surface area contributed by atoms with Crippen molar-refractivity contribution in [1.82, 2.24) is 9.29 Å². The second-order valence-electron chi connectivity index (χ2n) is 8.41. The lowest BCUT2D eigenvalue weighted by molar-refractivity contribution is -0.138. The fourth-order valence-electron chi connectivity index (χ4n) is 4.68. The van der Waals surface area contributed by atoms with Crippen LogP contribution in [0.5, 0.6) is 0 Å². The topological polar surface area (TPSA) is 90.8 Å². The number of sulfonamides is 1. The molecule has 3 atom stereocenters. The second kappa shape index (κ2) is 7.67. The van der Waals surface area contributed by atoms with Crippen LogP contribution in [0.1, 0.15) is 42.9 Å². The largest absolute Gasteiger partial charge is 0.481 e. The Morgan fingerprint density at radius 2 is 1.83 bits per heavy atom. The van der Waals surface area contributed by atoms with Crippen molar-refractivity contribution in [3.63, 3.8) is 0 Å². The number of anilines is 1. The molecule has 1 aliphatic heterocycles. The van der Waals surface area contributed by atoms with Gasteiger partial charge in [-0.2, -0.15) is 4.31 Å².